The molecule has 4 rings (SSSR count). The van der Waals surface area contributed by atoms with Crippen molar-refractivity contribution in [3.8, 4) is 5.88 Å². The number of fused-ring (bicyclic) bond motifs is 1. The number of carbonyl (C=O) groups is 1. The highest BCUT2D eigenvalue weighted by Gasteiger charge is 2.47. The second kappa shape index (κ2) is 5.48. The van der Waals surface area contributed by atoms with Crippen molar-refractivity contribution in [1.82, 2.24) is 4.98 Å². The molecule has 118 valence electrons. The van der Waals surface area contributed by atoms with Gasteiger partial charge in [-0.2, -0.15) is 0 Å². The SMILES string of the molecule is COc1ccc(C2CCC3(CC2)Cc2ccccc2C3=O)cn1. The molecular formula is C20H21NO2. The Morgan fingerprint density at radius 1 is 1.13 bits per heavy atom. The van der Waals surface area contributed by atoms with Crippen molar-refractivity contribution in [3.63, 3.8) is 0 Å². The quantitative estimate of drug-likeness (QED) is 0.835. The normalized spacial score (nSPS) is 26.3. The molecule has 0 atom stereocenters. The molecule has 3 heteroatoms. The number of benzene rings is 1. The maximum Gasteiger partial charge on any atom is 0.212 e. The van der Waals surface area contributed by atoms with Gasteiger partial charge in [0.2, 0.25) is 5.88 Å². The van der Waals surface area contributed by atoms with Gasteiger partial charge in [0, 0.05) is 23.2 Å². The van der Waals surface area contributed by atoms with E-state index in [9.17, 15) is 4.79 Å². The Morgan fingerprint density at radius 3 is 2.57 bits per heavy atom. The Hall–Kier alpha value is -2.16. The summed E-state index contributed by atoms with van der Waals surface area (Å²) in [5, 5.41) is 0. The fraction of sp³-hybridized carbons (Fsp3) is 0.400. The van der Waals surface area contributed by atoms with Crippen molar-refractivity contribution in [2.45, 2.75) is 38.0 Å². The molecule has 2 aromatic rings. The molecule has 0 saturated heterocycles. The summed E-state index contributed by atoms with van der Waals surface area (Å²) in [6, 6.07) is 12.2. The van der Waals surface area contributed by atoms with Gasteiger partial charge in [-0.25, -0.2) is 4.98 Å². The number of Topliss-reactive ketones (excluding diaryl/α,β-unsaturated/α-hetero) is 1. The van der Waals surface area contributed by atoms with E-state index in [0.717, 1.165) is 37.7 Å². The number of ketones is 1. The Morgan fingerprint density at radius 2 is 1.91 bits per heavy atom. The average Bonchev–Trinajstić information content (AvgIpc) is 2.88. The molecule has 1 saturated carbocycles. The van der Waals surface area contributed by atoms with E-state index in [0.29, 0.717) is 17.6 Å². The van der Waals surface area contributed by atoms with Gasteiger partial charge in [-0.3, -0.25) is 4.79 Å². The molecule has 0 aliphatic heterocycles. The van der Waals surface area contributed by atoms with Gasteiger partial charge in [-0.05, 0) is 49.1 Å². The van der Waals surface area contributed by atoms with Crippen molar-refractivity contribution in [3.05, 3.63) is 59.3 Å². The molecule has 2 aliphatic carbocycles. The summed E-state index contributed by atoms with van der Waals surface area (Å²) in [6.07, 6.45) is 6.94. The highest BCUT2D eigenvalue weighted by Crippen LogP contribution is 2.50. The topological polar surface area (TPSA) is 39.2 Å². The molecule has 1 aromatic heterocycles. The minimum Gasteiger partial charge on any atom is -0.481 e. The zero-order chi connectivity index (χ0) is 15.9. The van der Waals surface area contributed by atoms with E-state index in [1.165, 1.54) is 11.1 Å². The van der Waals surface area contributed by atoms with Crippen molar-refractivity contribution in [2.24, 2.45) is 5.41 Å². The van der Waals surface area contributed by atoms with Crippen LogP contribution in [0.4, 0.5) is 0 Å². The first-order valence-corrected chi connectivity index (χ1v) is 8.34. The standard InChI is InChI=1S/C20H21NO2/c1-23-18-7-6-16(13-21-18)14-8-10-20(11-9-14)12-15-4-2-3-5-17(15)19(20)22/h2-7,13-14H,8-12H2,1H3. The second-order valence-electron chi connectivity index (χ2n) is 6.85. The minimum absolute atomic E-state index is 0.139. The molecule has 0 amide bonds. The summed E-state index contributed by atoms with van der Waals surface area (Å²) >= 11 is 0. The van der Waals surface area contributed by atoms with E-state index in [4.69, 9.17) is 4.74 Å². The summed E-state index contributed by atoms with van der Waals surface area (Å²) in [5.41, 5.74) is 3.32. The van der Waals surface area contributed by atoms with Crippen molar-refractivity contribution < 1.29 is 9.53 Å². The van der Waals surface area contributed by atoms with Gasteiger partial charge < -0.3 is 4.74 Å². The smallest absolute Gasteiger partial charge is 0.212 e. The van der Waals surface area contributed by atoms with Gasteiger partial charge in [-0.1, -0.05) is 30.3 Å². The van der Waals surface area contributed by atoms with E-state index >= 15 is 0 Å². The zero-order valence-electron chi connectivity index (χ0n) is 13.4. The number of ether oxygens (including phenoxy) is 1. The summed E-state index contributed by atoms with van der Waals surface area (Å²) in [5.74, 6) is 1.54. The van der Waals surface area contributed by atoms with E-state index in [1.54, 1.807) is 7.11 Å². The molecule has 0 bridgehead atoms. The molecule has 1 aromatic carbocycles. The molecule has 1 spiro atoms. The third-order valence-corrected chi connectivity index (χ3v) is 5.65. The Bertz CT molecular complexity index is 728. The molecule has 2 aliphatic rings. The number of carbonyl (C=O) groups excluding carboxylic acids is 1. The van der Waals surface area contributed by atoms with Crippen LogP contribution in [0.15, 0.2) is 42.6 Å². The Balaban J connectivity index is 1.50. The van der Waals surface area contributed by atoms with Crippen LogP contribution in [0.25, 0.3) is 0 Å². The van der Waals surface area contributed by atoms with Gasteiger partial charge in [0.15, 0.2) is 5.78 Å². The van der Waals surface area contributed by atoms with Crippen molar-refractivity contribution >= 4 is 5.78 Å². The van der Waals surface area contributed by atoms with Gasteiger partial charge >= 0.3 is 0 Å². The van der Waals surface area contributed by atoms with Crippen LogP contribution in [0.1, 0.15) is 53.1 Å². The van der Waals surface area contributed by atoms with Crippen molar-refractivity contribution in [1.29, 1.82) is 0 Å². The fourth-order valence-corrected chi connectivity index (χ4v) is 4.29. The highest BCUT2D eigenvalue weighted by atomic mass is 16.5. The maximum absolute atomic E-state index is 12.9. The van der Waals surface area contributed by atoms with Crippen molar-refractivity contribution in [2.75, 3.05) is 7.11 Å². The van der Waals surface area contributed by atoms with E-state index in [1.807, 2.05) is 30.5 Å². The average molecular weight is 307 g/mol. The molecular weight excluding hydrogens is 286 g/mol. The van der Waals surface area contributed by atoms with Crippen LogP contribution in [0.2, 0.25) is 0 Å². The number of hydrogen-bond acceptors (Lipinski definition) is 3. The van der Waals surface area contributed by atoms with Crippen LogP contribution in [-0.2, 0) is 6.42 Å². The lowest BCUT2D eigenvalue weighted by Crippen LogP contribution is -2.32. The first kappa shape index (κ1) is 14.4. The minimum atomic E-state index is -0.139. The highest BCUT2D eigenvalue weighted by molar-refractivity contribution is 6.05. The summed E-state index contributed by atoms with van der Waals surface area (Å²) in [6.45, 7) is 0. The lowest BCUT2D eigenvalue weighted by Gasteiger charge is -2.36. The van der Waals surface area contributed by atoms with Crippen LogP contribution in [0.3, 0.4) is 0 Å². The molecule has 0 N–H and O–H groups in total. The molecule has 1 fully saturated rings. The summed E-state index contributed by atoms with van der Waals surface area (Å²) < 4.78 is 5.13. The predicted octanol–water partition coefficient (Wildman–Crippen LogP) is 4.17. The number of aromatic nitrogens is 1. The van der Waals surface area contributed by atoms with E-state index in [-0.39, 0.29) is 5.41 Å². The first-order chi connectivity index (χ1) is 11.2. The lowest BCUT2D eigenvalue weighted by molar-refractivity contribution is 0.0734. The summed E-state index contributed by atoms with van der Waals surface area (Å²) in [7, 11) is 1.63. The third kappa shape index (κ3) is 2.35. The lowest BCUT2D eigenvalue weighted by atomic mass is 9.67. The van der Waals surface area contributed by atoms with Crippen LogP contribution in [0.5, 0.6) is 5.88 Å². The van der Waals surface area contributed by atoms with Crippen LogP contribution in [0, 0.1) is 5.41 Å². The number of nitrogens with zero attached hydrogens (tertiary/aromatic N) is 1. The van der Waals surface area contributed by atoms with Gasteiger partial charge in [0.05, 0.1) is 7.11 Å². The monoisotopic (exact) mass is 307 g/mol. The molecule has 3 nitrogen and oxygen atoms in total. The Kier molecular flexibility index (Phi) is 3.44. The Labute approximate surface area is 136 Å². The number of pyridine rings is 1. The fourth-order valence-electron chi connectivity index (χ4n) is 4.29. The van der Waals surface area contributed by atoms with Gasteiger partial charge in [0.1, 0.15) is 0 Å². The largest absolute Gasteiger partial charge is 0.481 e. The van der Waals surface area contributed by atoms with Gasteiger partial charge in [-0.15, -0.1) is 0 Å². The maximum atomic E-state index is 12.9. The number of methoxy groups -OCH3 is 1. The first-order valence-electron chi connectivity index (χ1n) is 8.34. The molecule has 0 unspecified atom stereocenters. The summed E-state index contributed by atoms with van der Waals surface area (Å²) in [4.78, 5) is 17.2. The number of rotatable bonds is 2. The van der Waals surface area contributed by atoms with E-state index in [2.05, 4.69) is 17.1 Å². The van der Waals surface area contributed by atoms with Gasteiger partial charge in [0.25, 0.3) is 0 Å². The van der Waals surface area contributed by atoms with Crippen LogP contribution >= 0.6 is 0 Å². The van der Waals surface area contributed by atoms with E-state index < -0.39 is 0 Å². The second-order valence-corrected chi connectivity index (χ2v) is 6.85. The number of hydrogen-bond donors (Lipinski definition) is 0. The van der Waals surface area contributed by atoms with Crippen LogP contribution < -0.4 is 4.74 Å². The van der Waals surface area contributed by atoms with Crippen LogP contribution in [-0.4, -0.2) is 17.9 Å². The molecule has 1 heterocycles. The molecule has 23 heavy (non-hydrogen) atoms. The third-order valence-electron chi connectivity index (χ3n) is 5.65. The predicted molar refractivity (Wildman–Crippen MR) is 88.9 cm³/mol. The molecule has 0 radical (unpaired) electrons. The zero-order valence-corrected chi connectivity index (χ0v) is 13.4.